The maximum absolute atomic E-state index is 14.2. The summed E-state index contributed by atoms with van der Waals surface area (Å²) in [5.74, 6) is 0.798. The fourth-order valence-corrected chi connectivity index (χ4v) is 7.89. The van der Waals surface area contributed by atoms with Crippen LogP contribution in [0.3, 0.4) is 0 Å². The number of ketones is 1. The van der Waals surface area contributed by atoms with Gasteiger partial charge in [-0.25, -0.2) is 0 Å². The molecule has 6 atom stereocenters. The average molecular weight is 447 g/mol. The van der Waals surface area contributed by atoms with Gasteiger partial charge in [0, 0.05) is 31.5 Å². The van der Waals surface area contributed by atoms with Crippen LogP contribution in [0.2, 0.25) is 0 Å². The minimum Gasteiger partial charge on any atom is -0.508 e. The maximum Gasteiger partial charge on any atom is 0.143 e. The van der Waals surface area contributed by atoms with Gasteiger partial charge in [0.05, 0.1) is 11.5 Å². The SMILES string of the molecule is C=C1[C@H]2[C@@H](CO)[C@H]3CCC[C@]1(C)[C@@]3(C(=O)CCc1cccc(-c3cccc(O)c3)c1)[C@@H]2OC. The van der Waals surface area contributed by atoms with Crippen LogP contribution in [0.5, 0.6) is 5.75 Å². The molecule has 4 heteroatoms. The minimum atomic E-state index is -0.585. The predicted molar refractivity (Wildman–Crippen MR) is 129 cm³/mol. The molecule has 0 aliphatic heterocycles. The first-order valence-corrected chi connectivity index (χ1v) is 12.1. The second-order valence-electron chi connectivity index (χ2n) is 10.4. The number of aliphatic hydroxyl groups is 1. The zero-order chi connectivity index (χ0) is 23.4. The molecule has 0 amide bonds. The number of phenolic OH excluding ortho intramolecular Hbond substituents is 1. The number of methoxy groups -OCH3 is 1. The van der Waals surface area contributed by atoms with Crippen LogP contribution in [0.25, 0.3) is 11.1 Å². The van der Waals surface area contributed by atoms with E-state index >= 15 is 0 Å². The molecular weight excluding hydrogens is 412 g/mol. The number of rotatable bonds is 7. The molecular formula is C29H34O4. The molecule has 0 aromatic heterocycles. The van der Waals surface area contributed by atoms with Crippen molar-refractivity contribution < 1.29 is 19.7 Å². The fourth-order valence-electron chi connectivity index (χ4n) is 7.89. The van der Waals surface area contributed by atoms with Gasteiger partial charge < -0.3 is 14.9 Å². The van der Waals surface area contributed by atoms with Crippen molar-refractivity contribution in [1.29, 1.82) is 0 Å². The van der Waals surface area contributed by atoms with Crippen molar-refractivity contribution in [2.24, 2.45) is 28.6 Å². The van der Waals surface area contributed by atoms with Gasteiger partial charge in [-0.2, -0.15) is 0 Å². The van der Waals surface area contributed by atoms with E-state index in [0.717, 1.165) is 41.5 Å². The molecule has 2 bridgehead atoms. The fraction of sp³-hybridized carbons (Fsp3) is 0.483. The highest BCUT2D eigenvalue weighted by atomic mass is 16.5. The quantitative estimate of drug-likeness (QED) is 0.576. The molecule has 0 unspecified atom stereocenters. The molecule has 3 fully saturated rings. The number of aryl methyl sites for hydroxylation is 1. The van der Waals surface area contributed by atoms with E-state index in [1.807, 2.05) is 24.3 Å². The Balaban J connectivity index is 1.44. The van der Waals surface area contributed by atoms with Crippen molar-refractivity contribution in [3.63, 3.8) is 0 Å². The van der Waals surface area contributed by atoms with Gasteiger partial charge >= 0.3 is 0 Å². The molecule has 3 aliphatic rings. The Labute approximate surface area is 196 Å². The van der Waals surface area contributed by atoms with E-state index in [0.29, 0.717) is 12.8 Å². The molecule has 0 radical (unpaired) electrons. The van der Waals surface area contributed by atoms with E-state index < -0.39 is 5.41 Å². The van der Waals surface area contributed by atoms with Crippen LogP contribution in [-0.4, -0.2) is 35.8 Å². The molecule has 0 spiro atoms. The van der Waals surface area contributed by atoms with Gasteiger partial charge in [-0.15, -0.1) is 0 Å². The van der Waals surface area contributed by atoms with Gasteiger partial charge in [0.2, 0.25) is 0 Å². The van der Waals surface area contributed by atoms with Crippen LogP contribution in [-0.2, 0) is 16.0 Å². The number of hydrogen-bond acceptors (Lipinski definition) is 4. The van der Waals surface area contributed by atoms with Gasteiger partial charge in [-0.3, -0.25) is 4.79 Å². The number of hydrogen-bond donors (Lipinski definition) is 2. The highest BCUT2D eigenvalue weighted by Crippen LogP contribution is 2.76. The van der Waals surface area contributed by atoms with Crippen molar-refractivity contribution in [2.45, 2.75) is 45.1 Å². The summed E-state index contributed by atoms with van der Waals surface area (Å²) in [6.07, 6.45) is 3.93. The number of fused-ring (bicyclic) bond motifs is 1. The summed E-state index contributed by atoms with van der Waals surface area (Å²) < 4.78 is 6.05. The van der Waals surface area contributed by atoms with Crippen molar-refractivity contribution in [1.82, 2.24) is 0 Å². The van der Waals surface area contributed by atoms with Crippen molar-refractivity contribution >= 4 is 5.78 Å². The lowest BCUT2D eigenvalue weighted by molar-refractivity contribution is -0.154. The normalized spacial score (nSPS) is 34.6. The lowest BCUT2D eigenvalue weighted by atomic mass is 9.47. The summed E-state index contributed by atoms with van der Waals surface area (Å²) in [5, 5.41) is 20.1. The van der Waals surface area contributed by atoms with Crippen molar-refractivity contribution in [3.05, 3.63) is 66.2 Å². The van der Waals surface area contributed by atoms with Crippen LogP contribution in [0.1, 0.15) is 38.2 Å². The molecule has 33 heavy (non-hydrogen) atoms. The molecule has 3 saturated carbocycles. The molecule has 2 aromatic carbocycles. The van der Waals surface area contributed by atoms with Gasteiger partial charge in [0.25, 0.3) is 0 Å². The maximum atomic E-state index is 14.2. The molecule has 2 N–H and O–H groups in total. The smallest absolute Gasteiger partial charge is 0.143 e. The monoisotopic (exact) mass is 446 g/mol. The number of carbonyl (C=O) groups is 1. The summed E-state index contributed by atoms with van der Waals surface area (Å²) in [6.45, 7) is 6.77. The Morgan fingerprint density at radius 3 is 2.61 bits per heavy atom. The van der Waals surface area contributed by atoms with Gasteiger partial charge in [-0.05, 0) is 59.9 Å². The summed E-state index contributed by atoms with van der Waals surface area (Å²) in [6, 6.07) is 15.4. The zero-order valence-corrected chi connectivity index (χ0v) is 19.6. The van der Waals surface area contributed by atoms with Gasteiger partial charge in [0.1, 0.15) is 11.5 Å². The number of carbonyl (C=O) groups excluding carboxylic acids is 1. The van der Waals surface area contributed by atoms with Crippen molar-refractivity contribution in [2.75, 3.05) is 13.7 Å². The van der Waals surface area contributed by atoms with E-state index in [1.54, 1.807) is 19.2 Å². The molecule has 3 aliphatic carbocycles. The molecule has 2 aromatic rings. The van der Waals surface area contributed by atoms with E-state index in [1.165, 1.54) is 0 Å². The summed E-state index contributed by atoms with van der Waals surface area (Å²) in [5.41, 5.74) is 3.37. The number of aromatic hydroxyl groups is 1. The zero-order valence-electron chi connectivity index (χ0n) is 19.6. The Kier molecular flexibility index (Phi) is 5.49. The van der Waals surface area contributed by atoms with E-state index in [4.69, 9.17) is 4.74 Å². The number of aliphatic hydroxyl groups excluding tert-OH is 1. The predicted octanol–water partition coefficient (Wildman–Crippen LogP) is 5.18. The number of benzene rings is 2. The highest BCUT2D eigenvalue weighted by molar-refractivity contribution is 5.90. The van der Waals surface area contributed by atoms with Crippen LogP contribution < -0.4 is 0 Å². The van der Waals surface area contributed by atoms with E-state index in [9.17, 15) is 15.0 Å². The Bertz CT molecular complexity index is 1090. The second kappa shape index (κ2) is 8.11. The van der Waals surface area contributed by atoms with Gasteiger partial charge in [0.15, 0.2) is 0 Å². The van der Waals surface area contributed by atoms with Crippen LogP contribution in [0, 0.1) is 28.6 Å². The van der Waals surface area contributed by atoms with E-state index in [-0.39, 0.29) is 47.4 Å². The van der Waals surface area contributed by atoms with E-state index in [2.05, 4.69) is 25.6 Å². The number of phenols is 1. The highest BCUT2D eigenvalue weighted by Gasteiger charge is 2.78. The third-order valence-electron chi connectivity index (χ3n) is 9.23. The average Bonchev–Trinajstić information content (AvgIpc) is 3.23. The summed E-state index contributed by atoms with van der Waals surface area (Å²) >= 11 is 0. The van der Waals surface area contributed by atoms with Crippen molar-refractivity contribution in [3.8, 4) is 16.9 Å². The summed E-state index contributed by atoms with van der Waals surface area (Å²) in [7, 11) is 1.72. The topological polar surface area (TPSA) is 66.8 Å². The van der Waals surface area contributed by atoms with Crippen LogP contribution in [0.4, 0.5) is 0 Å². The molecule has 5 rings (SSSR count). The van der Waals surface area contributed by atoms with Crippen LogP contribution in [0.15, 0.2) is 60.7 Å². The molecule has 0 heterocycles. The number of Topliss-reactive ketones (excluding diaryl/α,β-unsaturated/α-hetero) is 1. The van der Waals surface area contributed by atoms with Gasteiger partial charge in [-0.1, -0.05) is 61.9 Å². The molecule has 0 saturated heterocycles. The lowest BCUT2D eigenvalue weighted by Crippen LogP contribution is -2.56. The third-order valence-corrected chi connectivity index (χ3v) is 9.23. The first-order valence-electron chi connectivity index (χ1n) is 12.1. The van der Waals surface area contributed by atoms with Crippen LogP contribution >= 0.6 is 0 Å². The minimum absolute atomic E-state index is 0.0633. The molecule has 174 valence electrons. The Hall–Kier alpha value is -2.43. The first kappa shape index (κ1) is 22.4. The summed E-state index contributed by atoms with van der Waals surface area (Å²) in [4.78, 5) is 14.2. The largest absolute Gasteiger partial charge is 0.508 e. The molecule has 4 nitrogen and oxygen atoms in total. The Morgan fingerprint density at radius 2 is 1.91 bits per heavy atom. The Morgan fingerprint density at radius 1 is 1.18 bits per heavy atom. The number of ether oxygens (including phenoxy) is 1. The standard InChI is InChI=1S/C29H34O4/c1-18-26-23(17-30)24-11-6-14-28(18,2)29(24,27(26)33-3)25(32)13-12-19-7-4-8-20(15-19)21-9-5-10-22(31)16-21/h4-5,7-10,15-16,23-24,26-27,30-31H,1,6,11-14,17H2,2-3H3/t23-,24+,26-,27+,28-,29-/m0/s1. The third kappa shape index (κ3) is 3.00. The first-order chi connectivity index (χ1) is 15.9. The lowest BCUT2D eigenvalue weighted by Gasteiger charge is -2.55. The second-order valence-corrected chi connectivity index (χ2v) is 10.4.